The van der Waals surface area contributed by atoms with Crippen LogP contribution in [0.15, 0.2) is 48.8 Å². The van der Waals surface area contributed by atoms with E-state index in [4.69, 9.17) is 0 Å². The minimum Gasteiger partial charge on any atom is -0.391 e. The van der Waals surface area contributed by atoms with Gasteiger partial charge in [0, 0.05) is 12.4 Å². The number of hydrogen-bond acceptors (Lipinski definition) is 3. The molecule has 132 valence electrons. The first kappa shape index (κ1) is 17.4. The van der Waals surface area contributed by atoms with Crippen molar-refractivity contribution in [3.8, 4) is 11.1 Å². The molecule has 0 unspecified atom stereocenters. The smallest absolute Gasteiger partial charge is 0.315 e. The predicted molar refractivity (Wildman–Crippen MR) is 98.0 cm³/mol. The van der Waals surface area contributed by atoms with Crippen LogP contribution in [0.3, 0.4) is 0 Å². The minimum absolute atomic E-state index is 0.108. The largest absolute Gasteiger partial charge is 0.391 e. The molecule has 0 aliphatic heterocycles. The van der Waals surface area contributed by atoms with E-state index in [1.807, 2.05) is 49.5 Å². The maximum absolute atomic E-state index is 12.2. The van der Waals surface area contributed by atoms with Gasteiger partial charge in [-0.3, -0.25) is 4.98 Å². The van der Waals surface area contributed by atoms with Crippen LogP contribution in [0.25, 0.3) is 11.1 Å². The lowest BCUT2D eigenvalue weighted by Crippen LogP contribution is -2.49. The molecule has 3 N–H and O–H groups in total. The number of amides is 2. The van der Waals surface area contributed by atoms with E-state index < -0.39 is 6.10 Å². The number of nitrogens with zero attached hydrogens (tertiary/aromatic N) is 1. The highest BCUT2D eigenvalue weighted by atomic mass is 16.3. The van der Waals surface area contributed by atoms with Crippen molar-refractivity contribution >= 4 is 6.03 Å². The second-order valence-electron chi connectivity index (χ2n) is 6.66. The summed E-state index contributed by atoms with van der Waals surface area (Å²) in [4.78, 5) is 16.3. The number of aliphatic hydroxyl groups is 1. The summed E-state index contributed by atoms with van der Waals surface area (Å²) in [6.07, 6.45) is 6.83. The van der Waals surface area contributed by atoms with Crippen molar-refractivity contribution in [3.63, 3.8) is 0 Å². The summed E-state index contributed by atoms with van der Waals surface area (Å²) in [5.74, 6) is 0. The number of rotatable bonds is 4. The lowest BCUT2D eigenvalue weighted by atomic mass is 9.93. The molecule has 1 aromatic heterocycles. The van der Waals surface area contributed by atoms with E-state index in [1.165, 1.54) is 0 Å². The summed E-state index contributed by atoms with van der Waals surface area (Å²) in [6, 6.07) is 11.6. The quantitative estimate of drug-likeness (QED) is 0.799. The Hall–Kier alpha value is -2.40. The summed E-state index contributed by atoms with van der Waals surface area (Å²) < 4.78 is 0. The maximum atomic E-state index is 12.2. The Morgan fingerprint density at radius 1 is 1.16 bits per heavy atom. The van der Waals surface area contributed by atoms with E-state index in [9.17, 15) is 9.90 Å². The molecule has 3 rings (SSSR count). The highest BCUT2D eigenvalue weighted by molar-refractivity contribution is 5.75. The third kappa shape index (κ3) is 4.57. The van der Waals surface area contributed by atoms with Crippen molar-refractivity contribution < 1.29 is 9.90 Å². The van der Waals surface area contributed by atoms with Crippen LogP contribution in [0.4, 0.5) is 4.79 Å². The summed E-state index contributed by atoms with van der Waals surface area (Å²) >= 11 is 0. The van der Waals surface area contributed by atoms with Crippen molar-refractivity contribution in [1.29, 1.82) is 0 Å². The van der Waals surface area contributed by atoms with Crippen LogP contribution >= 0.6 is 0 Å². The number of nitrogens with one attached hydrogen (secondary N) is 2. The molecule has 1 aromatic carbocycles. The topological polar surface area (TPSA) is 74.2 Å². The van der Waals surface area contributed by atoms with Crippen LogP contribution in [0.1, 0.15) is 44.2 Å². The minimum atomic E-state index is -0.437. The van der Waals surface area contributed by atoms with Gasteiger partial charge in [-0.15, -0.1) is 0 Å². The number of pyridine rings is 1. The number of aliphatic hydroxyl groups excluding tert-OH is 1. The van der Waals surface area contributed by atoms with Gasteiger partial charge in [-0.05, 0) is 42.5 Å². The number of hydrogen-bond donors (Lipinski definition) is 3. The molecule has 1 fully saturated rings. The molecule has 0 spiro atoms. The molecule has 5 nitrogen and oxygen atoms in total. The Bertz CT molecular complexity index is 688. The van der Waals surface area contributed by atoms with Gasteiger partial charge in [0.15, 0.2) is 0 Å². The first-order chi connectivity index (χ1) is 12.1. The van der Waals surface area contributed by atoms with Crippen molar-refractivity contribution in [1.82, 2.24) is 15.6 Å². The van der Waals surface area contributed by atoms with E-state index in [1.54, 1.807) is 6.20 Å². The molecule has 0 radical (unpaired) electrons. The molecule has 3 atom stereocenters. The highest BCUT2D eigenvalue weighted by Crippen LogP contribution is 2.21. The van der Waals surface area contributed by atoms with Gasteiger partial charge in [0.1, 0.15) is 0 Å². The van der Waals surface area contributed by atoms with Gasteiger partial charge in [-0.25, -0.2) is 4.79 Å². The molecule has 1 aliphatic carbocycles. The molecule has 2 aromatic rings. The van der Waals surface area contributed by atoms with Crippen LogP contribution < -0.4 is 10.6 Å². The SMILES string of the molecule is C[C@H](NC(=O)N[C@H]1CCCC[C@@H]1O)c1ccc(-c2cccnc2)cc1. The van der Waals surface area contributed by atoms with Crippen molar-refractivity contribution in [2.45, 2.75) is 50.8 Å². The molecular formula is C20H25N3O2. The monoisotopic (exact) mass is 339 g/mol. The number of aromatic nitrogens is 1. The molecule has 25 heavy (non-hydrogen) atoms. The third-order valence-corrected chi connectivity index (χ3v) is 4.80. The van der Waals surface area contributed by atoms with Gasteiger partial charge in [-0.1, -0.05) is 43.2 Å². The standard InChI is InChI=1S/C20H25N3O2/c1-14(22-20(25)23-18-6-2-3-7-19(18)24)15-8-10-16(11-9-15)17-5-4-12-21-13-17/h4-5,8-14,18-19,24H,2-3,6-7H2,1H3,(H2,22,23,25)/t14-,18-,19-/m0/s1. The average molecular weight is 339 g/mol. The van der Waals surface area contributed by atoms with E-state index >= 15 is 0 Å². The summed E-state index contributed by atoms with van der Waals surface area (Å²) in [5.41, 5.74) is 3.20. The maximum Gasteiger partial charge on any atom is 0.315 e. The predicted octanol–water partition coefficient (Wildman–Crippen LogP) is 3.41. The van der Waals surface area contributed by atoms with E-state index in [-0.39, 0.29) is 18.1 Å². The summed E-state index contributed by atoms with van der Waals surface area (Å²) in [5, 5.41) is 15.8. The van der Waals surface area contributed by atoms with Crippen LogP contribution in [0.5, 0.6) is 0 Å². The molecule has 0 saturated heterocycles. The van der Waals surface area contributed by atoms with Crippen molar-refractivity contribution in [2.75, 3.05) is 0 Å². The molecule has 2 amide bonds. The van der Waals surface area contributed by atoms with Crippen LogP contribution in [-0.2, 0) is 0 Å². The highest BCUT2D eigenvalue weighted by Gasteiger charge is 2.24. The fourth-order valence-electron chi connectivity index (χ4n) is 3.27. The third-order valence-electron chi connectivity index (χ3n) is 4.80. The van der Waals surface area contributed by atoms with Gasteiger partial charge < -0.3 is 15.7 Å². The fraction of sp³-hybridized carbons (Fsp3) is 0.400. The Morgan fingerprint density at radius 3 is 2.60 bits per heavy atom. The molecule has 1 aliphatic rings. The van der Waals surface area contributed by atoms with Gasteiger partial charge >= 0.3 is 6.03 Å². The molecular weight excluding hydrogens is 314 g/mol. The second-order valence-corrected chi connectivity index (χ2v) is 6.66. The molecule has 1 saturated carbocycles. The van der Waals surface area contributed by atoms with Gasteiger partial charge in [0.05, 0.1) is 18.2 Å². The van der Waals surface area contributed by atoms with Gasteiger partial charge in [0.2, 0.25) is 0 Å². The van der Waals surface area contributed by atoms with Crippen molar-refractivity contribution in [3.05, 3.63) is 54.4 Å². The van der Waals surface area contributed by atoms with Crippen molar-refractivity contribution in [2.24, 2.45) is 0 Å². The summed E-state index contributed by atoms with van der Waals surface area (Å²) in [6.45, 7) is 1.95. The normalized spacial score (nSPS) is 21.4. The first-order valence-corrected chi connectivity index (χ1v) is 8.89. The zero-order valence-electron chi connectivity index (χ0n) is 14.5. The zero-order chi connectivity index (χ0) is 17.6. The van der Waals surface area contributed by atoms with Gasteiger partial charge in [-0.2, -0.15) is 0 Å². The Morgan fingerprint density at radius 2 is 1.92 bits per heavy atom. The average Bonchev–Trinajstić information content (AvgIpc) is 2.64. The van der Waals surface area contributed by atoms with Crippen LogP contribution in [-0.4, -0.2) is 28.3 Å². The summed E-state index contributed by atoms with van der Waals surface area (Å²) in [7, 11) is 0. The van der Waals surface area contributed by atoms with Gasteiger partial charge in [0.25, 0.3) is 0 Å². The van der Waals surface area contributed by atoms with E-state index in [0.717, 1.165) is 42.4 Å². The molecule has 0 bridgehead atoms. The number of carbonyl (C=O) groups is 1. The second kappa shape index (κ2) is 8.12. The number of benzene rings is 1. The Balaban J connectivity index is 1.57. The first-order valence-electron chi connectivity index (χ1n) is 8.89. The fourth-order valence-corrected chi connectivity index (χ4v) is 3.27. The lowest BCUT2D eigenvalue weighted by Gasteiger charge is -2.29. The Labute approximate surface area is 148 Å². The molecule has 1 heterocycles. The van der Waals surface area contributed by atoms with Crippen LogP contribution in [0, 0.1) is 0 Å². The number of urea groups is 1. The van der Waals surface area contributed by atoms with Crippen LogP contribution in [0.2, 0.25) is 0 Å². The molecule has 5 heteroatoms. The zero-order valence-corrected chi connectivity index (χ0v) is 14.5. The van der Waals surface area contributed by atoms with E-state index in [2.05, 4.69) is 15.6 Å². The number of carbonyl (C=O) groups excluding carboxylic acids is 1. The lowest BCUT2D eigenvalue weighted by molar-refractivity contribution is 0.0941. The van der Waals surface area contributed by atoms with E-state index in [0.29, 0.717) is 0 Å². The Kier molecular flexibility index (Phi) is 5.66.